The number of para-hydroxylation sites is 1. The summed E-state index contributed by atoms with van der Waals surface area (Å²) >= 11 is 2.01. The largest absolute Gasteiger partial charge is 0.361 e. The number of hydrogen-bond acceptors (Lipinski definition) is 3. The summed E-state index contributed by atoms with van der Waals surface area (Å²) in [6, 6.07) is 8.31. The molecule has 1 aromatic carbocycles. The van der Waals surface area contributed by atoms with Gasteiger partial charge in [-0.2, -0.15) is 0 Å². The molecule has 2 aliphatic rings. The van der Waals surface area contributed by atoms with Crippen molar-refractivity contribution in [3.63, 3.8) is 0 Å². The van der Waals surface area contributed by atoms with Crippen LogP contribution in [0, 0.1) is 0 Å². The molecule has 4 nitrogen and oxygen atoms in total. The van der Waals surface area contributed by atoms with E-state index in [1.54, 1.807) is 0 Å². The van der Waals surface area contributed by atoms with Gasteiger partial charge in [-0.1, -0.05) is 18.2 Å². The Kier molecular flexibility index (Phi) is 4.31. The van der Waals surface area contributed by atoms with Gasteiger partial charge in [0.1, 0.15) is 0 Å². The molecule has 2 saturated heterocycles. The number of benzene rings is 1. The first kappa shape index (κ1) is 16.0. The third kappa shape index (κ3) is 2.95. The fraction of sp³-hybridized carbons (Fsp3) is 0.526. The fourth-order valence-corrected chi connectivity index (χ4v) is 5.77. The van der Waals surface area contributed by atoms with Crippen LogP contribution >= 0.6 is 11.8 Å². The number of piperidine rings is 1. The third-order valence-corrected chi connectivity index (χ3v) is 7.07. The summed E-state index contributed by atoms with van der Waals surface area (Å²) in [6.45, 7) is 5.27. The highest BCUT2D eigenvalue weighted by Gasteiger charge is 2.44. The summed E-state index contributed by atoms with van der Waals surface area (Å²) in [5, 5.41) is 4.98. The summed E-state index contributed by atoms with van der Waals surface area (Å²) < 4.78 is 0.293. The number of H-pyrrole nitrogens is 1. The molecule has 1 aromatic heterocycles. The minimum absolute atomic E-state index is 0.293. The smallest absolute Gasteiger partial charge is 0.223 e. The van der Waals surface area contributed by atoms with Crippen LogP contribution < -0.4 is 5.32 Å². The molecular weight excluding hydrogens is 318 g/mol. The van der Waals surface area contributed by atoms with E-state index >= 15 is 0 Å². The molecule has 0 bridgehead atoms. The van der Waals surface area contributed by atoms with Crippen LogP contribution in [0.15, 0.2) is 30.5 Å². The van der Waals surface area contributed by atoms with Crippen molar-refractivity contribution in [1.29, 1.82) is 0 Å². The first-order valence-corrected chi connectivity index (χ1v) is 9.78. The number of carbonyl (C=O) groups excluding carboxylic acids is 1. The van der Waals surface area contributed by atoms with Crippen molar-refractivity contribution >= 4 is 28.6 Å². The van der Waals surface area contributed by atoms with E-state index in [9.17, 15) is 4.79 Å². The fourth-order valence-electron chi connectivity index (χ4n) is 4.07. The van der Waals surface area contributed by atoms with Crippen molar-refractivity contribution in [2.45, 2.75) is 42.7 Å². The maximum absolute atomic E-state index is 12.8. The van der Waals surface area contributed by atoms with Gasteiger partial charge in [0.05, 0.1) is 5.37 Å². The van der Waals surface area contributed by atoms with E-state index in [2.05, 4.69) is 46.5 Å². The number of hydrogen-bond donors (Lipinski definition) is 2. The lowest BCUT2D eigenvalue weighted by molar-refractivity contribution is -0.131. The predicted octanol–water partition coefficient (Wildman–Crippen LogP) is 3.14. The van der Waals surface area contributed by atoms with Crippen LogP contribution in [-0.2, 0) is 11.2 Å². The Morgan fingerprint density at radius 2 is 2.12 bits per heavy atom. The molecule has 1 spiro atoms. The van der Waals surface area contributed by atoms with Crippen LogP contribution in [0.1, 0.15) is 31.7 Å². The van der Waals surface area contributed by atoms with Gasteiger partial charge in [-0.3, -0.25) is 4.79 Å². The molecule has 4 rings (SSSR count). The van der Waals surface area contributed by atoms with E-state index in [1.165, 1.54) is 23.8 Å². The van der Waals surface area contributed by atoms with Gasteiger partial charge in [-0.05, 0) is 50.9 Å². The quantitative estimate of drug-likeness (QED) is 0.900. The number of rotatable bonds is 3. The minimum atomic E-state index is 0.293. The second-order valence-electron chi connectivity index (χ2n) is 7.03. The first-order valence-electron chi connectivity index (χ1n) is 8.90. The SMILES string of the molecule is CC1SC2(CCNCC2)CN1C(=O)CCc1c[nH]c2ccccc12. The van der Waals surface area contributed by atoms with E-state index in [0.29, 0.717) is 22.4 Å². The topological polar surface area (TPSA) is 48.1 Å². The van der Waals surface area contributed by atoms with Gasteiger partial charge < -0.3 is 15.2 Å². The lowest BCUT2D eigenvalue weighted by Crippen LogP contribution is -2.43. The number of fused-ring (bicyclic) bond motifs is 1. The monoisotopic (exact) mass is 343 g/mol. The lowest BCUT2D eigenvalue weighted by Gasteiger charge is -2.32. The van der Waals surface area contributed by atoms with E-state index < -0.39 is 0 Å². The van der Waals surface area contributed by atoms with Gasteiger partial charge in [0.15, 0.2) is 0 Å². The Hall–Kier alpha value is -1.46. The number of aryl methyl sites for hydroxylation is 1. The highest BCUT2D eigenvalue weighted by molar-refractivity contribution is 8.01. The zero-order valence-electron chi connectivity index (χ0n) is 14.2. The number of nitrogens with zero attached hydrogens (tertiary/aromatic N) is 1. The van der Waals surface area contributed by atoms with E-state index in [4.69, 9.17) is 0 Å². The first-order chi connectivity index (χ1) is 11.7. The van der Waals surface area contributed by atoms with E-state index in [1.807, 2.05) is 17.8 Å². The Bertz CT molecular complexity index is 735. The third-order valence-electron chi connectivity index (χ3n) is 5.44. The summed E-state index contributed by atoms with van der Waals surface area (Å²) in [5.41, 5.74) is 2.40. The molecule has 0 saturated carbocycles. The van der Waals surface area contributed by atoms with Gasteiger partial charge in [0.25, 0.3) is 0 Å². The summed E-state index contributed by atoms with van der Waals surface area (Å²) in [5.74, 6) is 0.302. The number of carbonyl (C=O) groups is 1. The highest BCUT2D eigenvalue weighted by atomic mass is 32.2. The number of aromatic nitrogens is 1. The van der Waals surface area contributed by atoms with Crippen molar-refractivity contribution in [1.82, 2.24) is 15.2 Å². The van der Waals surface area contributed by atoms with E-state index in [-0.39, 0.29) is 0 Å². The van der Waals surface area contributed by atoms with Crippen molar-refractivity contribution in [3.05, 3.63) is 36.0 Å². The van der Waals surface area contributed by atoms with Crippen LogP contribution in [0.3, 0.4) is 0 Å². The van der Waals surface area contributed by atoms with Crippen LogP contribution in [0.2, 0.25) is 0 Å². The minimum Gasteiger partial charge on any atom is -0.361 e. The molecule has 3 heterocycles. The molecule has 128 valence electrons. The predicted molar refractivity (Wildman–Crippen MR) is 100 cm³/mol. The number of nitrogens with one attached hydrogen (secondary N) is 2. The number of thioether (sulfide) groups is 1. The molecular formula is C19H25N3OS. The number of amides is 1. The summed E-state index contributed by atoms with van der Waals surface area (Å²) in [7, 11) is 0. The molecule has 1 unspecified atom stereocenters. The average molecular weight is 343 g/mol. The Morgan fingerprint density at radius 1 is 1.33 bits per heavy atom. The van der Waals surface area contributed by atoms with Crippen molar-refractivity contribution in [2.24, 2.45) is 0 Å². The van der Waals surface area contributed by atoms with Gasteiger partial charge in [-0.25, -0.2) is 0 Å². The van der Waals surface area contributed by atoms with Gasteiger partial charge in [-0.15, -0.1) is 11.8 Å². The zero-order chi connectivity index (χ0) is 16.6. The van der Waals surface area contributed by atoms with Crippen LogP contribution in [0.5, 0.6) is 0 Å². The second kappa shape index (κ2) is 6.45. The molecule has 1 atom stereocenters. The van der Waals surface area contributed by atoms with Crippen LogP contribution in [0.25, 0.3) is 10.9 Å². The number of aromatic amines is 1. The second-order valence-corrected chi connectivity index (χ2v) is 8.82. The zero-order valence-corrected chi connectivity index (χ0v) is 15.0. The normalized spacial score (nSPS) is 23.2. The lowest BCUT2D eigenvalue weighted by atomic mass is 9.96. The van der Waals surface area contributed by atoms with Gasteiger partial charge in [0.2, 0.25) is 5.91 Å². The summed E-state index contributed by atoms with van der Waals surface area (Å²) in [4.78, 5) is 18.2. The van der Waals surface area contributed by atoms with E-state index in [0.717, 1.165) is 31.6 Å². The standard InChI is InChI=1S/C19H25N3OS/c1-14-22(13-19(24-14)8-10-20-11-9-19)18(23)7-6-15-12-21-17-5-3-2-4-16(15)17/h2-5,12,14,20-21H,6-11,13H2,1H3. The Morgan fingerprint density at radius 3 is 2.96 bits per heavy atom. The molecule has 2 aromatic rings. The van der Waals surface area contributed by atoms with Crippen molar-refractivity contribution in [3.8, 4) is 0 Å². The van der Waals surface area contributed by atoms with Gasteiger partial charge in [0, 0.05) is 34.8 Å². The van der Waals surface area contributed by atoms with Crippen molar-refractivity contribution in [2.75, 3.05) is 19.6 Å². The van der Waals surface area contributed by atoms with Crippen LogP contribution in [0.4, 0.5) is 0 Å². The average Bonchev–Trinajstić information content (AvgIpc) is 3.15. The van der Waals surface area contributed by atoms with Gasteiger partial charge >= 0.3 is 0 Å². The Balaban J connectivity index is 1.41. The maximum atomic E-state index is 12.8. The summed E-state index contributed by atoms with van der Waals surface area (Å²) in [6.07, 6.45) is 5.81. The molecule has 2 aliphatic heterocycles. The maximum Gasteiger partial charge on any atom is 0.223 e. The molecule has 2 fully saturated rings. The molecule has 0 aliphatic carbocycles. The van der Waals surface area contributed by atoms with Crippen LogP contribution in [-0.4, -0.2) is 45.5 Å². The molecule has 1 amide bonds. The Labute approximate surface area is 147 Å². The molecule has 0 radical (unpaired) electrons. The molecule has 24 heavy (non-hydrogen) atoms. The molecule has 2 N–H and O–H groups in total. The highest BCUT2D eigenvalue weighted by Crippen LogP contribution is 2.45. The molecule has 5 heteroatoms. The van der Waals surface area contributed by atoms with Crippen molar-refractivity contribution < 1.29 is 4.79 Å².